The number of nitrogens with zero attached hydrogens (tertiary/aromatic N) is 2. The first-order valence-corrected chi connectivity index (χ1v) is 6.05. The van der Waals surface area contributed by atoms with Gasteiger partial charge in [-0.3, -0.25) is 0 Å². The third-order valence-electron chi connectivity index (χ3n) is 2.98. The lowest BCUT2D eigenvalue weighted by atomic mass is 10.1. The van der Waals surface area contributed by atoms with Crippen LogP contribution in [0.25, 0.3) is 0 Å². The Morgan fingerprint density at radius 3 is 2.72 bits per heavy atom. The van der Waals surface area contributed by atoms with E-state index in [0.717, 1.165) is 35.7 Å². The number of hydrogen-bond donors (Lipinski definition) is 1. The normalized spacial score (nSPS) is 10.7. The van der Waals surface area contributed by atoms with Crippen molar-refractivity contribution in [3.05, 3.63) is 47.0 Å². The Labute approximate surface area is 107 Å². The van der Waals surface area contributed by atoms with Crippen molar-refractivity contribution in [3.63, 3.8) is 0 Å². The molecule has 1 heterocycles. The molecule has 18 heavy (non-hydrogen) atoms. The number of aryl methyl sites for hydroxylation is 3. The number of imidazole rings is 1. The van der Waals surface area contributed by atoms with Crippen molar-refractivity contribution >= 4 is 5.95 Å². The molecule has 0 spiro atoms. The molecule has 4 heteroatoms. The van der Waals surface area contributed by atoms with Crippen LogP contribution in [0.5, 0.6) is 0 Å². The Morgan fingerprint density at radius 1 is 1.33 bits per heavy atom. The van der Waals surface area contributed by atoms with E-state index in [2.05, 4.69) is 10.3 Å². The van der Waals surface area contributed by atoms with E-state index in [1.54, 1.807) is 6.07 Å². The number of nitrogens with one attached hydrogen (secondary N) is 1. The summed E-state index contributed by atoms with van der Waals surface area (Å²) in [6, 6.07) is 4.92. The van der Waals surface area contributed by atoms with Crippen LogP contribution in [0, 0.1) is 19.7 Å². The van der Waals surface area contributed by atoms with Gasteiger partial charge in [-0.05, 0) is 43.5 Å². The molecule has 0 unspecified atom stereocenters. The maximum absolute atomic E-state index is 13.0. The van der Waals surface area contributed by atoms with Crippen LogP contribution in [0.4, 0.5) is 10.3 Å². The van der Waals surface area contributed by atoms with E-state index < -0.39 is 0 Å². The summed E-state index contributed by atoms with van der Waals surface area (Å²) in [4.78, 5) is 4.37. The molecule has 0 radical (unpaired) electrons. The Hall–Kier alpha value is -1.84. The maximum atomic E-state index is 13.0. The minimum Gasteiger partial charge on any atom is -0.355 e. The van der Waals surface area contributed by atoms with Crippen molar-refractivity contribution in [2.24, 2.45) is 7.05 Å². The van der Waals surface area contributed by atoms with E-state index in [9.17, 15) is 4.39 Å². The lowest BCUT2D eigenvalue weighted by Gasteiger charge is -2.08. The first-order chi connectivity index (χ1) is 8.56. The number of anilines is 1. The van der Waals surface area contributed by atoms with Crippen LogP contribution in [0.15, 0.2) is 24.4 Å². The van der Waals surface area contributed by atoms with Gasteiger partial charge < -0.3 is 9.88 Å². The molecule has 0 aliphatic rings. The fraction of sp³-hybridized carbons (Fsp3) is 0.357. The summed E-state index contributed by atoms with van der Waals surface area (Å²) in [5, 5.41) is 3.28. The lowest BCUT2D eigenvalue weighted by molar-refractivity contribution is 0.625. The summed E-state index contributed by atoms with van der Waals surface area (Å²) in [6.45, 7) is 4.69. The van der Waals surface area contributed by atoms with E-state index in [1.165, 1.54) is 6.07 Å². The van der Waals surface area contributed by atoms with Crippen molar-refractivity contribution in [1.29, 1.82) is 0 Å². The SMILES string of the molecule is Cc1cn(C)c(NCCc2ccc(F)cc2C)n1. The second kappa shape index (κ2) is 5.21. The second-order valence-electron chi connectivity index (χ2n) is 4.56. The van der Waals surface area contributed by atoms with Crippen LogP contribution in [-0.4, -0.2) is 16.1 Å². The Kier molecular flexibility index (Phi) is 3.65. The Morgan fingerprint density at radius 2 is 2.11 bits per heavy atom. The number of aromatic nitrogens is 2. The van der Waals surface area contributed by atoms with Crippen molar-refractivity contribution < 1.29 is 4.39 Å². The summed E-state index contributed by atoms with van der Waals surface area (Å²) in [5.41, 5.74) is 3.15. The zero-order chi connectivity index (χ0) is 13.1. The number of halogens is 1. The van der Waals surface area contributed by atoms with Crippen molar-refractivity contribution in [1.82, 2.24) is 9.55 Å². The monoisotopic (exact) mass is 247 g/mol. The van der Waals surface area contributed by atoms with Gasteiger partial charge in [0.25, 0.3) is 0 Å². The average molecular weight is 247 g/mol. The van der Waals surface area contributed by atoms with Gasteiger partial charge in [0.2, 0.25) is 5.95 Å². The third-order valence-corrected chi connectivity index (χ3v) is 2.98. The predicted molar refractivity (Wildman–Crippen MR) is 71.3 cm³/mol. The summed E-state index contributed by atoms with van der Waals surface area (Å²) in [6.07, 6.45) is 2.84. The predicted octanol–water partition coefficient (Wildman–Crippen LogP) is 2.83. The average Bonchev–Trinajstić information content (AvgIpc) is 2.61. The van der Waals surface area contributed by atoms with Crippen LogP contribution in [0.2, 0.25) is 0 Å². The molecule has 96 valence electrons. The Bertz CT molecular complexity index is 546. The summed E-state index contributed by atoms with van der Waals surface area (Å²) >= 11 is 0. The molecular weight excluding hydrogens is 229 g/mol. The molecule has 0 atom stereocenters. The lowest BCUT2D eigenvalue weighted by Crippen LogP contribution is -2.09. The van der Waals surface area contributed by atoms with Gasteiger partial charge in [-0.1, -0.05) is 6.07 Å². The van der Waals surface area contributed by atoms with E-state index in [1.807, 2.05) is 37.7 Å². The van der Waals surface area contributed by atoms with E-state index in [-0.39, 0.29) is 5.82 Å². The fourth-order valence-electron chi connectivity index (χ4n) is 2.03. The van der Waals surface area contributed by atoms with Gasteiger partial charge in [-0.2, -0.15) is 0 Å². The summed E-state index contributed by atoms with van der Waals surface area (Å²) in [5.74, 6) is 0.691. The van der Waals surface area contributed by atoms with Gasteiger partial charge >= 0.3 is 0 Å². The van der Waals surface area contributed by atoms with Gasteiger partial charge in [0, 0.05) is 19.8 Å². The van der Waals surface area contributed by atoms with Crippen molar-refractivity contribution in [2.45, 2.75) is 20.3 Å². The minimum atomic E-state index is -0.177. The number of benzene rings is 1. The highest BCUT2D eigenvalue weighted by atomic mass is 19.1. The molecular formula is C14H18FN3. The molecule has 0 aliphatic carbocycles. The van der Waals surface area contributed by atoms with Crippen LogP contribution in [-0.2, 0) is 13.5 Å². The van der Waals surface area contributed by atoms with Crippen LogP contribution >= 0.6 is 0 Å². The zero-order valence-electron chi connectivity index (χ0n) is 11.0. The maximum Gasteiger partial charge on any atom is 0.202 e. The Balaban J connectivity index is 1.94. The molecule has 0 bridgehead atoms. The van der Waals surface area contributed by atoms with Crippen molar-refractivity contribution in [3.8, 4) is 0 Å². The highest BCUT2D eigenvalue weighted by Crippen LogP contribution is 2.11. The van der Waals surface area contributed by atoms with Gasteiger partial charge in [0.1, 0.15) is 5.82 Å². The molecule has 1 aromatic carbocycles. The van der Waals surface area contributed by atoms with Gasteiger partial charge in [0.05, 0.1) is 5.69 Å². The smallest absolute Gasteiger partial charge is 0.202 e. The molecule has 0 amide bonds. The second-order valence-corrected chi connectivity index (χ2v) is 4.56. The number of rotatable bonds is 4. The topological polar surface area (TPSA) is 29.9 Å². The highest BCUT2D eigenvalue weighted by molar-refractivity contribution is 5.31. The van der Waals surface area contributed by atoms with Crippen molar-refractivity contribution in [2.75, 3.05) is 11.9 Å². The highest BCUT2D eigenvalue weighted by Gasteiger charge is 2.03. The summed E-state index contributed by atoms with van der Waals surface area (Å²) < 4.78 is 14.9. The quantitative estimate of drug-likeness (QED) is 0.900. The van der Waals surface area contributed by atoms with E-state index in [0.29, 0.717) is 0 Å². The molecule has 3 nitrogen and oxygen atoms in total. The standard InChI is InChI=1S/C14H18FN3/c1-10-8-13(15)5-4-12(10)6-7-16-14-17-11(2)9-18(14)3/h4-5,8-9H,6-7H2,1-3H3,(H,16,17). The fourth-order valence-corrected chi connectivity index (χ4v) is 2.03. The minimum absolute atomic E-state index is 0.177. The molecule has 0 aliphatic heterocycles. The first kappa shape index (κ1) is 12.6. The molecule has 2 rings (SSSR count). The number of hydrogen-bond acceptors (Lipinski definition) is 2. The van der Waals surface area contributed by atoms with E-state index in [4.69, 9.17) is 0 Å². The molecule has 0 saturated carbocycles. The van der Waals surface area contributed by atoms with Crippen LogP contribution in [0.1, 0.15) is 16.8 Å². The first-order valence-electron chi connectivity index (χ1n) is 6.05. The third kappa shape index (κ3) is 2.88. The molecule has 1 aromatic heterocycles. The molecule has 1 N–H and O–H groups in total. The molecule has 2 aromatic rings. The molecule has 0 saturated heterocycles. The van der Waals surface area contributed by atoms with Crippen LogP contribution < -0.4 is 5.32 Å². The summed E-state index contributed by atoms with van der Waals surface area (Å²) in [7, 11) is 1.96. The molecule has 0 fully saturated rings. The van der Waals surface area contributed by atoms with Gasteiger partial charge in [-0.25, -0.2) is 9.37 Å². The van der Waals surface area contributed by atoms with Crippen LogP contribution in [0.3, 0.4) is 0 Å². The van der Waals surface area contributed by atoms with E-state index >= 15 is 0 Å². The van der Waals surface area contributed by atoms with Gasteiger partial charge in [0.15, 0.2) is 0 Å². The largest absolute Gasteiger partial charge is 0.355 e. The zero-order valence-corrected chi connectivity index (χ0v) is 11.0. The van der Waals surface area contributed by atoms with Gasteiger partial charge in [-0.15, -0.1) is 0 Å².